The minimum atomic E-state index is -1.42. The van der Waals surface area contributed by atoms with Crippen molar-refractivity contribution in [3.05, 3.63) is 29.6 Å². The van der Waals surface area contributed by atoms with Crippen LogP contribution in [0.4, 0.5) is 8.78 Å². The largest absolute Gasteiger partial charge is 0.497 e. The Labute approximate surface area is 164 Å². The lowest BCUT2D eigenvalue weighted by Gasteiger charge is -2.31. The molecule has 156 valence electrons. The van der Waals surface area contributed by atoms with E-state index in [-0.39, 0.29) is 30.5 Å². The Kier molecular flexibility index (Phi) is 7.74. The summed E-state index contributed by atoms with van der Waals surface area (Å²) in [5.41, 5.74) is -1.20. The molecule has 6 nitrogen and oxygen atoms in total. The molecule has 0 bridgehead atoms. The summed E-state index contributed by atoms with van der Waals surface area (Å²) in [5.74, 6) is -0.449. The maximum Gasteiger partial charge on any atom is 0.251 e. The summed E-state index contributed by atoms with van der Waals surface area (Å²) in [6, 6.07) is 3.90. The fourth-order valence-electron chi connectivity index (χ4n) is 3.07. The molecule has 0 radical (unpaired) electrons. The van der Waals surface area contributed by atoms with Crippen LogP contribution in [-0.2, 0) is 4.79 Å². The van der Waals surface area contributed by atoms with Crippen molar-refractivity contribution >= 4 is 11.8 Å². The van der Waals surface area contributed by atoms with Crippen LogP contribution in [-0.4, -0.2) is 62.2 Å². The smallest absolute Gasteiger partial charge is 0.251 e. The second kappa shape index (κ2) is 9.82. The van der Waals surface area contributed by atoms with Crippen molar-refractivity contribution in [2.24, 2.45) is 5.92 Å². The van der Waals surface area contributed by atoms with Crippen LogP contribution in [0.25, 0.3) is 0 Å². The molecule has 28 heavy (non-hydrogen) atoms. The van der Waals surface area contributed by atoms with Crippen LogP contribution in [0.3, 0.4) is 0 Å². The molecular weight excluding hydrogens is 368 g/mol. The average Bonchev–Trinajstić information content (AvgIpc) is 2.64. The number of methoxy groups -OCH3 is 1. The molecule has 1 aliphatic heterocycles. The van der Waals surface area contributed by atoms with E-state index in [9.17, 15) is 18.4 Å². The van der Waals surface area contributed by atoms with Gasteiger partial charge in [0.15, 0.2) is 0 Å². The first-order valence-corrected chi connectivity index (χ1v) is 9.47. The van der Waals surface area contributed by atoms with E-state index in [0.717, 1.165) is 25.9 Å². The van der Waals surface area contributed by atoms with Gasteiger partial charge in [0.05, 0.1) is 20.2 Å². The fraction of sp³-hybridized carbons (Fsp3) is 0.600. The molecule has 1 heterocycles. The Hall–Kier alpha value is -2.22. The maximum absolute atomic E-state index is 13.5. The molecule has 0 unspecified atom stereocenters. The standard InChI is InChI=1S/C20H29F2N3O3/c1-20(2,22)13-24-18(26)12-25-6-4-14(5-7-25)11-23-19(27)15-8-16(21)10-17(9-15)28-3/h8-10,14H,4-7,11-13H2,1-3H3,(H,23,27)(H,24,26). The van der Waals surface area contributed by atoms with Crippen LogP contribution in [0.15, 0.2) is 18.2 Å². The number of nitrogens with one attached hydrogen (secondary N) is 2. The molecule has 0 aliphatic carbocycles. The molecule has 0 saturated carbocycles. The zero-order valence-electron chi connectivity index (χ0n) is 16.7. The lowest BCUT2D eigenvalue weighted by molar-refractivity contribution is -0.123. The summed E-state index contributed by atoms with van der Waals surface area (Å²) in [6.45, 7) is 5.06. The van der Waals surface area contributed by atoms with Crippen molar-refractivity contribution in [1.29, 1.82) is 0 Å². The molecule has 2 rings (SSSR count). The van der Waals surface area contributed by atoms with Crippen molar-refractivity contribution in [2.45, 2.75) is 32.4 Å². The van der Waals surface area contributed by atoms with Gasteiger partial charge in [0.1, 0.15) is 17.2 Å². The van der Waals surface area contributed by atoms with Gasteiger partial charge in [0.25, 0.3) is 5.91 Å². The lowest BCUT2D eigenvalue weighted by Crippen LogP contribution is -2.45. The highest BCUT2D eigenvalue weighted by Gasteiger charge is 2.23. The third-order valence-corrected chi connectivity index (χ3v) is 4.70. The molecule has 0 spiro atoms. The summed E-state index contributed by atoms with van der Waals surface area (Å²) >= 11 is 0. The van der Waals surface area contributed by atoms with Gasteiger partial charge in [-0.3, -0.25) is 14.5 Å². The lowest BCUT2D eigenvalue weighted by atomic mass is 9.96. The van der Waals surface area contributed by atoms with Crippen molar-refractivity contribution in [3.63, 3.8) is 0 Å². The Morgan fingerprint density at radius 1 is 1.21 bits per heavy atom. The second-order valence-electron chi connectivity index (χ2n) is 7.80. The van der Waals surface area contributed by atoms with E-state index < -0.39 is 11.5 Å². The van der Waals surface area contributed by atoms with E-state index in [1.54, 1.807) is 0 Å². The van der Waals surface area contributed by atoms with E-state index in [4.69, 9.17) is 4.74 Å². The predicted molar refractivity (Wildman–Crippen MR) is 103 cm³/mol. The molecular formula is C20H29F2N3O3. The summed E-state index contributed by atoms with van der Waals surface area (Å²) < 4.78 is 31.9. The van der Waals surface area contributed by atoms with Crippen LogP contribution >= 0.6 is 0 Å². The molecule has 2 amide bonds. The Morgan fingerprint density at radius 2 is 1.89 bits per heavy atom. The number of carbonyl (C=O) groups excluding carboxylic acids is 2. The highest BCUT2D eigenvalue weighted by atomic mass is 19.1. The van der Waals surface area contributed by atoms with Gasteiger partial charge < -0.3 is 15.4 Å². The first kappa shape index (κ1) is 22.1. The molecule has 0 atom stereocenters. The first-order chi connectivity index (χ1) is 13.2. The predicted octanol–water partition coefficient (Wildman–Crippen LogP) is 2.14. The topological polar surface area (TPSA) is 70.7 Å². The van der Waals surface area contributed by atoms with Crippen LogP contribution in [0.2, 0.25) is 0 Å². The van der Waals surface area contributed by atoms with E-state index in [1.807, 2.05) is 4.90 Å². The van der Waals surface area contributed by atoms with Crippen LogP contribution in [0.1, 0.15) is 37.0 Å². The third kappa shape index (κ3) is 7.42. The van der Waals surface area contributed by atoms with Gasteiger partial charge >= 0.3 is 0 Å². The zero-order valence-corrected chi connectivity index (χ0v) is 16.7. The molecule has 1 saturated heterocycles. The number of alkyl halides is 1. The molecule has 1 aromatic rings. The molecule has 8 heteroatoms. The minimum Gasteiger partial charge on any atom is -0.497 e. The zero-order chi connectivity index (χ0) is 20.7. The summed E-state index contributed by atoms with van der Waals surface area (Å²) in [7, 11) is 1.42. The summed E-state index contributed by atoms with van der Waals surface area (Å²) in [5, 5.41) is 5.44. The fourth-order valence-corrected chi connectivity index (χ4v) is 3.07. The van der Waals surface area contributed by atoms with Crippen LogP contribution in [0, 0.1) is 11.7 Å². The summed E-state index contributed by atoms with van der Waals surface area (Å²) in [4.78, 5) is 26.1. The van der Waals surface area contributed by atoms with Gasteiger partial charge in [0.2, 0.25) is 5.91 Å². The number of hydrogen-bond acceptors (Lipinski definition) is 4. The van der Waals surface area contributed by atoms with Gasteiger partial charge in [-0.15, -0.1) is 0 Å². The van der Waals surface area contributed by atoms with Gasteiger partial charge in [-0.25, -0.2) is 8.78 Å². The minimum absolute atomic E-state index is 0.000798. The maximum atomic E-state index is 13.5. The Morgan fingerprint density at radius 3 is 2.50 bits per heavy atom. The van der Waals surface area contributed by atoms with Crippen molar-refractivity contribution in [3.8, 4) is 5.75 Å². The number of carbonyl (C=O) groups is 2. The van der Waals surface area contributed by atoms with Gasteiger partial charge in [-0.2, -0.15) is 0 Å². The number of amides is 2. The normalized spacial score (nSPS) is 15.9. The Balaban J connectivity index is 1.72. The molecule has 1 aromatic carbocycles. The average molecular weight is 397 g/mol. The second-order valence-corrected chi connectivity index (χ2v) is 7.80. The molecule has 1 aliphatic rings. The highest BCUT2D eigenvalue weighted by molar-refractivity contribution is 5.94. The van der Waals surface area contributed by atoms with E-state index in [2.05, 4.69) is 10.6 Å². The van der Waals surface area contributed by atoms with Crippen molar-refractivity contribution in [2.75, 3.05) is 39.8 Å². The van der Waals surface area contributed by atoms with E-state index in [1.165, 1.54) is 39.2 Å². The molecule has 2 N–H and O–H groups in total. The Bertz CT molecular complexity index is 684. The van der Waals surface area contributed by atoms with E-state index in [0.29, 0.717) is 18.2 Å². The number of nitrogens with zero attached hydrogens (tertiary/aromatic N) is 1. The first-order valence-electron chi connectivity index (χ1n) is 9.47. The number of halogens is 2. The number of hydrogen-bond donors (Lipinski definition) is 2. The van der Waals surface area contributed by atoms with Crippen molar-refractivity contribution in [1.82, 2.24) is 15.5 Å². The number of ether oxygens (including phenoxy) is 1. The van der Waals surface area contributed by atoms with E-state index >= 15 is 0 Å². The van der Waals surface area contributed by atoms with Crippen molar-refractivity contribution < 1.29 is 23.1 Å². The SMILES string of the molecule is COc1cc(F)cc(C(=O)NCC2CCN(CC(=O)NCC(C)(C)F)CC2)c1. The monoisotopic (exact) mass is 397 g/mol. The number of benzene rings is 1. The van der Waals surface area contributed by atoms with Gasteiger partial charge in [0, 0.05) is 18.2 Å². The molecule has 1 fully saturated rings. The van der Waals surface area contributed by atoms with Gasteiger partial charge in [-0.05, 0) is 57.8 Å². The van der Waals surface area contributed by atoms with Crippen LogP contribution < -0.4 is 15.4 Å². The number of likely N-dealkylation sites (tertiary alicyclic amines) is 1. The van der Waals surface area contributed by atoms with Crippen LogP contribution in [0.5, 0.6) is 5.75 Å². The highest BCUT2D eigenvalue weighted by Crippen LogP contribution is 2.18. The molecule has 0 aromatic heterocycles. The third-order valence-electron chi connectivity index (χ3n) is 4.70. The quantitative estimate of drug-likeness (QED) is 0.705. The number of piperidine rings is 1. The number of rotatable bonds is 8. The van der Waals surface area contributed by atoms with Gasteiger partial charge in [-0.1, -0.05) is 0 Å². The summed E-state index contributed by atoms with van der Waals surface area (Å²) in [6.07, 6.45) is 1.68.